The number of hydrogen-bond acceptors (Lipinski definition) is 0. The quantitative estimate of drug-likeness (QED) is 0.531. The van der Waals surface area contributed by atoms with E-state index < -0.39 is 0 Å². The summed E-state index contributed by atoms with van der Waals surface area (Å²) in [5.74, 6) is 4.97. The molecule has 4 rings (SSSR count). The summed E-state index contributed by atoms with van der Waals surface area (Å²) in [6, 6.07) is 0. The van der Waals surface area contributed by atoms with Crippen LogP contribution in [0.15, 0.2) is 11.1 Å². The van der Waals surface area contributed by atoms with Gasteiger partial charge in [0.2, 0.25) is 16.3 Å². The van der Waals surface area contributed by atoms with Gasteiger partial charge >= 0.3 is 0 Å². The van der Waals surface area contributed by atoms with Crippen LogP contribution in [0.2, 0.25) is 4.28 Å². The van der Waals surface area contributed by atoms with E-state index in [1.54, 1.807) is 12.8 Å². The van der Waals surface area contributed by atoms with Crippen LogP contribution in [0.5, 0.6) is 0 Å². The van der Waals surface area contributed by atoms with E-state index in [4.69, 9.17) is 0 Å². The summed E-state index contributed by atoms with van der Waals surface area (Å²) < 4.78 is 0.780. The lowest BCUT2D eigenvalue weighted by atomic mass is 9.58. The van der Waals surface area contributed by atoms with E-state index in [1.165, 1.54) is 29.1 Å². The summed E-state index contributed by atoms with van der Waals surface area (Å²) in [6.45, 7) is 9.78. The van der Waals surface area contributed by atoms with Crippen molar-refractivity contribution in [3.63, 3.8) is 0 Å². The molecule has 4 aliphatic carbocycles. The monoisotopic (exact) mass is 258 g/mol. The van der Waals surface area contributed by atoms with Crippen molar-refractivity contribution in [3.8, 4) is 0 Å². The first kappa shape index (κ1) is 12.0. The second kappa shape index (κ2) is 3.29. The topological polar surface area (TPSA) is 0 Å². The molecule has 2 saturated carbocycles. The molecule has 1 spiro atoms. The molecule has 98 valence electrons. The zero-order chi connectivity index (χ0) is 12.9. The highest BCUT2D eigenvalue weighted by Gasteiger charge is 2.80. The third-order valence-electron chi connectivity index (χ3n) is 6.94. The lowest BCUT2D eigenvalue weighted by Gasteiger charge is -2.53. The van der Waals surface area contributed by atoms with Crippen molar-refractivity contribution in [2.45, 2.75) is 57.7 Å². The van der Waals surface area contributed by atoms with Crippen LogP contribution >= 0.6 is 0 Å². The van der Waals surface area contributed by atoms with Gasteiger partial charge in [0.05, 0.1) is 0 Å². The van der Waals surface area contributed by atoms with Crippen molar-refractivity contribution in [3.05, 3.63) is 11.1 Å². The second-order valence-electron chi connectivity index (χ2n) is 8.77. The number of fused-ring (bicyclic) bond motifs is 3. The zero-order valence-electron chi connectivity index (χ0n) is 12.7. The first-order valence-electron chi connectivity index (χ1n) is 8.15. The minimum atomic E-state index is 0.772. The van der Waals surface area contributed by atoms with Crippen molar-refractivity contribution >= 4 is 16.3 Å². The Morgan fingerprint density at radius 1 is 1.17 bits per heavy atom. The average molecular weight is 258 g/mol. The van der Waals surface area contributed by atoms with Crippen LogP contribution < -0.4 is 0 Å². The molecule has 0 nitrogen and oxygen atoms in total. The summed E-state index contributed by atoms with van der Waals surface area (Å²) in [6.07, 6.45) is 6.20. The third-order valence-corrected chi connectivity index (χ3v) is 9.05. The maximum Gasteiger partial charge on any atom is 0.223 e. The summed E-state index contributed by atoms with van der Waals surface area (Å²) in [5, 5.41) is 0. The van der Waals surface area contributed by atoms with Gasteiger partial charge in [-0.3, -0.25) is 0 Å². The van der Waals surface area contributed by atoms with E-state index >= 15 is 0 Å². The molecule has 0 N–H and O–H groups in total. The molecule has 0 aromatic rings. The van der Waals surface area contributed by atoms with Gasteiger partial charge in [0, 0.05) is 5.92 Å². The largest absolute Gasteiger partial charge is 0.223 e. The molecule has 2 fully saturated rings. The highest BCUT2D eigenvalue weighted by molar-refractivity contribution is 6.17. The molecule has 0 aromatic carbocycles. The Balaban J connectivity index is 1.72. The Morgan fingerprint density at radius 3 is 2.50 bits per heavy atom. The molecular formula is C17H27Al. The molecule has 5 atom stereocenters. The smallest absolute Gasteiger partial charge is 0.0671 e. The van der Waals surface area contributed by atoms with Crippen molar-refractivity contribution in [1.29, 1.82) is 0 Å². The molecule has 0 heterocycles. The van der Waals surface area contributed by atoms with Gasteiger partial charge in [-0.2, -0.15) is 0 Å². The lowest BCUT2D eigenvalue weighted by molar-refractivity contribution is 0.133. The number of allylic oxidation sites excluding steroid dienone is 2. The minimum absolute atomic E-state index is 0.772. The van der Waals surface area contributed by atoms with Crippen LogP contribution in [-0.4, -0.2) is 16.3 Å². The van der Waals surface area contributed by atoms with Crippen LogP contribution in [0.3, 0.4) is 0 Å². The summed E-state index contributed by atoms with van der Waals surface area (Å²) in [4.78, 5) is 0. The normalized spacial score (nSPS) is 51.1. The van der Waals surface area contributed by atoms with Gasteiger partial charge in [-0.25, -0.2) is 0 Å². The zero-order valence-corrected chi connectivity index (χ0v) is 14.7. The maximum absolute atomic E-state index is 2.45. The minimum Gasteiger partial charge on any atom is -0.0671 e. The molecular weight excluding hydrogens is 231 g/mol. The SMILES string of the molecule is CC(C)CC1C2CC3(CC4C2=C43)[C]1([AlH2])CC(C)C. The Kier molecular flexibility index (Phi) is 2.20. The molecule has 18 heavy (non-hydrogen) atoms. The lowest BCUT2D eigenvalue weighted by Crippen LogP contribution is -2.43. The molecule has 0 radical (unpaired) electrons. The Bertz CT molecular complexity index is 447. The van der Waals surface area contributed by atoms with Crippen molar-refractivity contribution in [2.75, 3.05) is 0 Å². The maximum atomic E-state index is 2.45. The van der Waals surface area contributed by atoms with Crippen molar-refractivity contribution in [1.82, 2.24) is 0 Å². The van der Waals surface area contributed by atoms with Crippen LogP contribution in [0.4, 0.5) is 0 Å². The Hall–Kier alpha value is 0.272. The molecule has 1 heteroatoms. The highest BCUT2D eigenvalue weighted by Crippen LogP contribution is 2.91. The molecule has 0 aromatic heterocycles. The Labute approximate surface area is 120 Å². The Morgan fingerprint density at radius 2 is 1.89 bits per heavy atom. The van der Waals surface area contributed by atoms with Crippen LogP contribution in [0, 0.1) is 35.0 Å². The van der Waals surface area contributed by atoms with E-state index in [9.17, 15) is 0 Å². The van der Waals surface area contributed by atoms with E-state index in [0.29, 0.717) is 0 Å². The van der Waals surface area contributed by atoms with Gasteiger partial charge in [-0.05, 0) is 48.3 Å². The van der Waals surface area contributed by atoms with E-state index in [0.717, 1.165) is 39.3 Å². The van der Waals surface area contributed by atoms with Gasteiger partial charge in [-0.15, -0.1) is 0 Å². The first-order valence-corrected chi connectivity index (χ1v) is 9.15. The fraction of sp³-hybridized carbons (Fsp3) is 0.882. The fourth-order valence-corrected chi connectivity index (χ4v) is 8.77. The van der Waals surface area contributed by atoms with Crippen LogP contribution in [0.1, 0.15) is 53.4 Å². The summed E-state index contributed by atoms with van der Waals surface area (Å²) in [7, 11) is 0. The standard InChI is InChI=1S/C17H25.Al.2H/c1-9(2)5-11-12-7-17(14(11)6-10(3)4)8-13-15(12)16(13)17;;;/h9-13H,5-8H2,1-4H3;;;. The molecule has 2 bridgehead atoms. The van der Waals surface area contributed by atoms with E-state index in [2.05, 4.69) is 27.7 Å². The van der Waals surface area contributed by atoms with Crippen molar-refractivity contribution < 1.29 is 0 Å². The predicted molar refractivity (Wildman–Crippen MR) is 79.3 cm³/mol. The summed E-state index contributed by atoms with van der Waals surface area (Å²) >= 11 is 1.44. The average Bonchev–Trinajstić information content (AvgIpc) is 2.66. The van der Waals surface area contributed by atoms with Gasteiger partial charge in [-0.1, -0.05) is 49.5 Å². The fourth-order valence-electron chi connectivity index (χ4n) is 6.63. The molecule has 0 amide bonds. The number of hydrogen-bond donors (Lipinski definition) is 0. The van der Waals surface area contributed by atoms with Crippen molar-refractivity contribution in [2.24, 2.45) is 35.0 Å². The van der Waals surface area contributed by atoms with Crippen LogP contribution in [0.25, 0.3) is 0 Å². The van der Waals surface area contributed by atoms with Gasteiger partial charge in [0.1, 0.15) is 0 Å². The first-order chi connectivity index (χ1) is 8.41. The summed E-state index contributed by atoms with van der Waals surface area (Å²) in [5.41, 5.74) is 4.78. The predicted octanol–water partition coefficient (Wildman–Crippen LogP) is 3.84. The highest BCUT2D eigenvalue weighted by atomic mass is 27.0. The van der Waals surface area contributed by atoms with E-state index in [1.807, 2.05) is 11.1 Å². The van der Waals surface area contributed by atoms with Gasteiger partial charge in [0.25, 0.3) is 0 Å². The number of rotatable bonds is 4. The molecule has 4 aliphatic rings. The third kappa shape index (κ3) is 1.12. The molecule has 0 saturated heterocycles. The second-order valence-corrected chi connectivity index (χ2v) is 10.6. The van der Waals surface area contributed by atoms with Gasteiger partial charge < -0.3 is 0 Å². The van der Waals surface area contributed by atoms with Crippen LogP contribution in [-0.2, 0) is 0 Å². The van der Waals surface area contributed by atoms with E-state index in [-0.39, 0.29) is 0 Å². The van der Waals surface area contributed by atoms with Gasteiger partial charge in [0.15, 0.2) is 0 Å². The molecule has 5 unspecified atom stereocenters. The molecule has 0 aliphatic heterocycles.